The fourth-order valence-corrected chi connectivity index (χ4v) is 3.93. The molecule has 9 heteroatoms. The lowest BCUT2D eigenvalue weighted by Gasteiger charge is -2.22. The van der Waals surface area contributed by atoms with Gasteiger partial charge in [-0.15, -0.1) is 24.0 Å². The van der Waals surface area contributed by atoms with E-state index in [9.17, 15) is 9.59 Å². The number of thiazole rings is 1. The van der Waals surface area contributed by atoms with E-state index in [1.165, 1.54) is 11.3 Å². The lowest BCUT2D eigenvalue weighted by Crippen LogP contribution is -2.31. The van der Waals surface area contributed by atoms with Gasteiger partial charge in [-0.1, -0.05) is 0 Å². The maximum absolute atomic E-state index is 12.8. The summed E-state index contributed by atoms with van der Waals surface area (Å²) in [6.07, 6.45) is 4.93. The lowest BCUT2D eigenvalue weighted by molar-refractivity contribution is -0.137. The molecule has 0 saturated carbocycles. The summed E-state index contributed by atoms with van der Waals surface area (Å²) in [6, 6.07) is 9.30. The maximum atomic E-state index is 12.8. The molecule has 152 valence electrons. The number of amides is 1. The summed E-state index contributed by atoms with van der Waals surface area (Å²) in [7, 11) is 0. The van der Waals surface area contributed by atoms with Crippen LogP contribution in [0.1, 0.15) is 31.2 Å². The van der Waals surface area contributed by atoms with Gasteiger partial charge < -0.3 is 9.84 Å². The standard InChI is InChI=1S/C20H21N3O4S2/c24-18(25)4-2-1-3-11-27-20(26)23(13-14-7-9-21-10-8-14)15-5-6-16-17(12-15)29-19(28)22-16/h5-10,12H,1-4,11,13H2,(H,22,28)(H,24,25). The Labute approximate surface area is 177 Å². The highest BCUT2D eigenvalue weighted by Gasteiger charge is 2.19. The average Bonchev–Trinajstić information content (AvgIpc) is 3.08. The first kappa shape index (κ1) is 21.1. The Morgan fingerprint density at radius 2 is 1.93 bits per heavy atom. The van der Waals surface area contributed by atoms with Crippen LogP contribution >= 0.6 is 24.0 Å². The summed E-state index contributed by atoms with van der Waals surface area (Å²) in [6.45, 7) is 0.591. The Morgan fingerprint density at radius 3 is 2.69 bits per heavy atom. The van der Waals surface area contributed by atoms with Crippen molar-refractivity contribution in [1.29, 1.82) is 0 Å². The molecule has 0 fully saturated rings. The molecule has 29 heavy (non-hydrogen) atoms. The van der Waals surface area contributed by atoms with E-state index in [0.29, 0.717) is 35.8 Å². The van der Waals surface area contributed by atoms with Crippen LogP contribution in [0.5, 0.6) is 0 Å². The smallest absolute Gasteiger partial charge is 0.414 e. The van der Waals surface area contributed by atoms with Crippen molar-refractivity contribution in [3.05, 3.63) is 48.3 Å². The topological polar surface area (TPSA) is 92.6 Å². The molecule has 1 amide bonds. The van der Waals surface area contributed by atoms with Gasteiger partial charge in [0.25, 0.3) is 0 Å². The second-order valence-electron chi connectivity index (χ2n) is 6.41. The first-order chi connectivity index (χ1) is 14.0. The Kier molecular flexibility index (Phi) is 7.42. The zero-order valence-corrected chi connectivity index (χ0v) is 17.4. The predicted molar refractivity (Wildman–Crippen MR) is 115 cm³/mol. The quantitative estimate of drug-likeness (QED) is 0.375. The van der Waals surface area contributed by atoms with Crippen LogP contribution in [-0.4, -0.2) is 33.7 Å². The van der Waals surface area contributed by atoms with E-state index in [2.05, 4.69) is 22.6 Å². The van der Waals surface area contributed by atoms with E-state index < -0.39 is 12.1 Å². The summed E-state index contributed by atoms with van der Waals surface area (Å²) in [5, 5.41) is 8.67. The second kappa shape index (κ2) is 10.2. The molecule has 2 aromatic heterocycles. The van der Waals surface area contributed by atoms with Gasteiger partial charge in [-0.2, -0.15) is 0 Å². The lowest BCUT2D eigenvalue weighted by atomic mass is 10.2. The number of aromatic nitrogens is 2. The van der Waals surface area contributed by atoms with Crippen LogP contribution < -0.4 is 4.90 Å². The van der Waals surface area contributed by atoms with E-state index in [1.54, 1.807) is 17.3 Å². The molecule has 0 bridgehead atoms. The molecular formula is C20H21N3O4S2. The summed E-state index contributed by atoms with van der Waals surface area (Å²) in [5.74, 6) is -0.812. The molecule has 0 aliphatic carbocycles. The maximum Gasteiger partial charge on any atom is 0.414 e. The normalized spacial score (nSPS) is 10.8. The van der Waals surface area contributed by atoms with E-state index in [4.69, 9.17) is 9.84 Å². The minimum absolute atomic E-state index is 0.129. The van der Waals surface area contributed by atoms with Crippen molar-refractivity contribution in [1.82, 2.24) is 9.97 Å². The van der Waals surface area contributed by atoms with Crippen LogP contribution in [-0.2, 0) is 16.1 Å². The van der Waals surface area contributed by atoms with E-state index in [1.807, 2.05) is 30.3 Å². The molecule has 0 saturated heterocycles. The Bertz CT molecular complexity index is 978. The molecule has 3 aromatic rings. The number of hydrogen-bond acceptors (Lipinski definition) is 7. The first-order valence-electron chi connectivity index (χ1n) is 9.17. The number of carbonyl (C=O) groups excluding carboxylic acids is 1. The van der Waals surface area contributed by atoms with Crippen LogP contribution in [0, 0.1) is 0 Å². The van der Waals surface area contributed by atoms with Gasteiger partial charge in [0.15, 0.2) is 0 Å². The van der Waals surface area contributed by atoms with E-state index in [-0.39, 0.29) is 13.0 Å². The minimum Gasteiger partial charge on any atom is -0.481 e. The third-order valence-corrected chi connectivity index (χ3v) is 5.44. The van der Waals surface area contributed by atoms with E-state index >= 15 is 0 Å². The van der Waals surface area contributed by atoms with Crippen molar-refractivity contribution in [2.24, 2.45) is 0 Å². The number of carbonyl (C=O) groups is 2. The van der Waals surface area contributed by atoms with Gasteiger partial charge in [-0.05, 0) is 55.2 Å². The third-order valence-electron chi connectivity index (χ3n) is 4.24. The second-order valence-corrected chi connectivity index (χ2v) is 8.17. The molecule has 0 unspecified atom stereocenters. The van der Waals surface area contributed by atoms with Crippen LogP contribution in [0.15, 0.2) is 47.1 Å². The highest BCUT2D eigenvalue weighted by molar-refractivity contribution is 7.82. The molecule has 0 atom stereocenters. The van der Waals surface area contributed by atoms with Crippen LogP contribution in [0.2, 0.25) is 0 Å². The Morgan fingerprint density at radius 1 is 1.14 bits per heavy atom. The minimum atomic E-state index is -0.812. The van der Waals surface area contributed by atoms with Gasteiger partial charge in [0.1, 0.15) is 4.34 Å². The fourth-order valence-electron chi connectivity index (χ4n) is 2.79. The number of thiol groups is 1. The van der Waals surface area contributed by atoms with E-state index in [0.717, 1.165) is 15.8 Å². The summed E-state index contributed by atoms with van der Waals surface area (Å²) in [5.41, 5.74) is 2.47. The molecule has 0 spiro atoms. The predicted octanol–water partition coefficient (Wildman–Crippen LogP) is 4.77. The summed E-state index contributed by atoms with van der Waals surface area (Å²) >= 11 is 5.74. The number of unbranched alkanes of at least 4 members (excludes halogenated alkanes) is 2. The van der Waals surface area contributed by atoms with Gasteiger partial charge in [0.2, 0.25) is 0 Å². The fraction of sp³-hybridized carbons (Fsp3) is 0.300. The number of fused-ring (bicyclic) bond motifs is 1. The number of carboxylic acid groups (broad SMARTS) is 1. The highest BCUT2D eigenvalue weighted by atomic mass is 32.2. The third kappa shape index (κ3) is 6.16. The van der Waals surface area contributed by atoms with Gasteiger partial charge in [0, 0.05) is 24.5 Å². The van der Waals surface area contributed by atoms with Crippen LogP contribution in [0.25, 0.3) is 10.2 Å². The number of anilines is 1. The molecule has 0 radical (unpaired) electrons. The van der Waals surface area contributed by atoms with Crippen molar-refractivity contribution in [2.45, 2.75) is 36.6 Å². The number of hydrogen-bond donors (Lipinski definition) is 2. The van der Waals surface area contributed by atoms with Crippen LogP contribution in [0.4, 0.5) is 10.5 Å². The molecule has 3 rings (SSSR count). The van der Waals surface area contributed by atoms with Crippen molar-refractivity contribution < 1.29 is 19.4 Å². The number of nitrogens with zero attached hydrogens (tertiary/aromatic N) is 3. The average molecular weight is 432 g/mol. The van der Waals surface area contributed by atoms with Gasteiger partial charge >= 0.3 is 12.1 Å². The summed E-state index contributed by atoms with van der Waals surface area (Å²) in [4.78, 5) is 33.3. The molecule has 0 aliphatic rings. The molecule has 0 aliphatic heterocycles. The van der Waals surface area contributed by atoms with Gasteiger partial charge in [0.05, 0.1) is 23.4 Å². The molecule has 7 nitrogen and oxygen atoms in total. The molecular weight excluding hydrogens is 410 g/mol. The Balaban J connectivity index is 1.70. The zero-order valence-electron chi connectivity index (χ0n) is 15.7. The van der Waals surface area contributed by atoms with Crippen molar-refractivity contribution in [2.75, 3.05) is 11.5 Å². The number of benzene rings is 1. The van der Waals surface area contributed by atoms with Crippen LogP contribution in [0.3, 0.4) is 0 Å². The van der Waals surface area contributed by atoms with Crippen molar-refractivity contribution >= 4 is 51.9 Å². The number of rotatable bonds is 9. The van der Waals surface area contributed by atoms with Gasteiger partial charge in [-0.25, -0.2) is 9.78 Å². The first-order valence-corrected chi connectivity index (χ1v) is 10.4. The molecule has 2 heterocycles. The zero-order chi connectivity index (χ0) is 20.6. The molecule has 1 aromatic carbocycles. The van der Waals surface area contributed by atoms with Crippen molar-refractivity contribution in [3.8, 4) is 0 Å². The monoisotopic (exact) mass is 431 g/mol. The molecule has 1 N–H and O–H groups in total. The number of ether oxygens (including phenoxy) is 1. The van der Waals surface area contributed by atoms with Crippen molar-refractivity contribution in [3.63, 3.8) is 0 Å². The highest BCUT2D eigenvalue weighted by Crippen LogP contribution is 2.29. The number of carboxylic acids is 1. The summed E-state index contributed by atoms with van der Waals surface area (Å²) < 4.78 is 7.06. The largest absolute Gasteiger partial charge is 0.481 e. The Hall–Kier alpha value is -2.65. The number of aliphatic carboxylic acids is 1. The van der Waals surface area contributed by atoms with Gasteiger partial charge in [-0.3, -0.25) is 14.7 Å². The number of pyridine rings is 1. The SMILES string of the molecule is O=C(O)CCCCCOC(=O)N(Cc1ccncc1)c1ccc2nc(S)sc2c1.